The third kappa shape index (κ3) is 24.8. The number of amides is 4. The van der Waals surface area contributed by atoms with Gasteiger partial charge in [-0.25, -0.2) is 0 Å². The SMILES string of the molecule is CNC(CCC(=O)O)C(=O)NC(CCC(=O)NC(CSSCC(NC(=O)CN1CCN(CC(=O)O)CCN(CC(=O)O)CCN(CC(=O)O)CC1)OCN)C(N)=O)C(C)=O. The van der Waals surface area contributed by atoms with Gasteiger partial charge in [-0.1, -0.05) is 21.6 Å². The first-order valence-electron chi connectivity index (χ1n) is 19.0. The number of hydrogen-bond donors (Lipinski definition) is 10. The summed E-state index contributed by atoms with van der Waals surface area (Å²) in [5, 5.41) is 47.6. The maximum Gasteiger partial charge on any atom is 0.317 e. The van der Waals surface area contributed by atoms with Crippen molar-refractivity contribution in [3.05, 3.63) is 0 Å². The maximum atomic E-state index is 13.3. The lowest BCUT2D eigenvalue weighted by Gasteiger charge is -2.33. The number of nitrogens with one attached hydrogen (secondary N) is 4. The number of nitrogens with two attached hydrogens (primary N) is 2. The van der Waals surface area contributed by atoms with Crippen molar-refractivity contribution < 1.29 is 68.3 Å². The molecule has 0 aromatic carbocycles. The largest absolute Gasteiger partial charge is 0.481 e. The molecule has 26 heteroatoms. The lowest BCUT2D eigenvalue weighted by molar-refractivity contribution is -0.140. The molecule has 1 aliphatic rings. The van der Waals surface area contributed by atoms with E-state index in [0.29, 0.717) is 0 Å². The van der Waals surface area contributed by atoms with Crippen LogP contribution in [0.15, 0.2) is 0 Å². The summed E-state index contributed by atoms with van der Waals surface area (Å²) in [6, 6.07) is -3.04. The topological polar surface area (TPSA) is 357 Å². The highest BCUT2D eigenvalue weighted by atomic mass is 33.1. The van der Waals surface area contributed by atoms with Gasteiger partial charge in [0.2, 0.25) is 23.6 Å². The molecule has 1 aliphatic heterocycles. The number of rotatable bonds is 28. The fourth-order valence-corrected chi connectivity index (χ4v) is 7.98. The van der Waals surface area contributed by atoms with Gasteiger partial charge in [0.05, 0.1) is 45.0 Å². The number of ketones is 1. The van der Waals surface area contributed by atoms with Crippen LogP contribution in [0, 0.1) is 0 Å². The summed E-state index contributed by atoms with van der Waals surface area (Å²) in [7, 11) is 3.79. The molecule has 12 N–H and O–H groups in total. The van der Waals surface area contributed by atoms with Crippen LogP contribution >= 0.6 is 21.6 Å². The van der Waals surface area contributed by atoms with Gasteiger partial charge >= 0.3 is 23.9 Å². The summed E-state index contributed by atoms with van der Waals surface area (Å²) in [6.07, 6.45) is -1.54. The van der Waals surface area contributed by atoms with Gasteiger partial charge in [-0.05, 0) is 26.8 Å². The third-order valence-electron chi connectivity index (χ3n) is 8.99. The summed E-state index contributed by atoms with van der Waals surface area (Å²) in [5.74, 6) is -7.13. The summed E-state index contributed by atoms with van der Waals surface area (Å²) in [4.78, 5) is 115. The molecular weight excluding hydrogens is 837 g/mol. The molecule has 24 nitrogen and oxygen atoms in total. The average molecular weight is 897 g/mol. The van der Waals surface area contributed by atoms with Crippen molar-refractivity contribution in [2.24, 2.45) is 11.5 Å². The van der Waals surface area contributed by atoms with Gasteiger partial charge < -0.3 is 57.9 Å². The number of nitrogens with zero attached hydrogens (tertiary/aromatic N) is 4. The Morgan fingerprint density at radius 2 is 1.05 bits per heavy atom. The van der Waals surface area contributed by atoms with Crippen LogP contribution in [0.1, 0.15) is 32.6 Å². The van der Waals surface area contributed by atoms with Crippen molar-refractivity contribution in [2.75, 3.05) is 104 Å². The second kappa shape index (κ2) is 30.0. The minimum absolute atomic E-state index is 0.0108. The number of aliphatic carboxylic acids is 4. The number of carboxylic acid groups (broad SMARTS) is 4. The monoisotopic (exact) mass is 896 g/mol. The van der Waals surface area contributed by atoms with Crippen molar-refractivity contribution in [2.45, 2.75) is 57.0 Å². The number of carboxylic acids is 4. The van der Waals surface area contributed by atoms with E-state index in [2.05, 4.69) is 21.3 Å². The van der Waals surface area contributed by atoms with Crippen LogP contribution in [0.3, 0.4) is 0 Å². The fourth-order valence-electron chi connectivity index (χ4n) is 5.75. The van der Waals surface area contributed by atoms with E-state index < -0.39 is 77.6 Å². The zero-order valence-corrected chi connectivity index (χ0v) is 35.5. The van der Waals surface area contributed by atoms with E-state index in [1.807, 2.05) is 0 Å². The molecule has 0 radical (unpaired) electrons. The van der Waals surface area contributed by atoms with Gasteiger partial charge in [0.1, 0.15) is 12.3 Å². The summed E-state index contributed by atoms with van der Waals surface area (Å²) in [6.45, 7) is 1.64. The van der Waals surface area contributed by atoms with E-state index in [1.165, 1.54) is 24.8 Å². The molecule has 1 heterocycles. The highest BCUT2D eigenvalue weighted by Crippen LogP contribution is 2.23. The third-order valence-corrected chi connectivity index (χ3v) is 11.4. The van der Waals surface area contributed by atoms with Crippen LogP contribution in [0.2, 0.25) is 0 Å². The normalized spacial score (nSPS) is 17.1. The van der Waals surface area contributed by atoms with Crippen LogP contribution in [0.5, 0.6) is 0 Å². The lowest BCUT2D eigenvalue weighted by atomic mass is 10.1. The van der Waals surface area contributed by atoms with Gasteiger partial charge in [-0.15, -0.1) is 0 Å². The van der Waals surface area contributed by atoms with Crippen molar-refractivity contribution >= 4 is 74.9 Å². The molecule has 0 aromatic rings. The Balaban J connectivity index is 2.81. The first-order valence-corrected chi connectivity index (χ1v) is 21.5. The quantitative estimate of drug-likeness (QED) is 0.0201. The minimum atomic E-state index is -1.12. The van der Waals surface area contributed by atoms with Crippen molar-refractivity contribution in [1.29, 1.82) is 0 Å². The molecule has 1 rings (SSSR count). The molecule has 0 aromatic heterocycles. The highest BCUT2D eigenvalue weighted by molar-refractivity contribution is 8.76. The van der Waals surface area contributed by atoms with Crippen LogP contribution in [-0.2, 0) is 47.9 Å². The molecule has 0 bridgehead atoms. The minimum Gasteiger partial charge on any atom is -0.481 e. The Hall–Kier alpha value is -4.15. The fraction of sp³-hybridized carbons (Fsp3) is 0.735. The average Bonchev–Trinajstić information content (AvgIpc) is 3.14. The molecule has 342 valence electrons. The van der Waals surface area contributed by atoms with E-state index in [-0.39, 0.29) is 122 Å². The predicted molar refractivity (Wildman–Crippen MR) is 218 cm³/mol. The molecular formula is C34H60N10O14S2. The van der Waals surface area contributed by atoms with Crippen LogP contribution in [0.4, 0.5) is 0 Å². The van der Waals surface area contributed by atoms with E-state index in [9.17, 15) is 58.5 Å². The molecule has 60 heavy (non-hydrogen) atoms. The Bertz CT molecular complexity index is 1420. The Kier molecular flexibility index (Phi) is 26.9. The zero-order valence-electron chi connectivity index (χ0n) is 33.9. The van der Waals surface area contributed by atoms with Gasteiger partial charge in [-0.3, -0.25) is 62.8 Å². The molecule has 0 aliphatic carbocycles. The second-order valence-corrected chi connectivity index (χ2v) is 16.3. The molecule has 1 saturated heterocycles. The number of carbonyl (C=O) groups excluding carboxylic acids is 5. The number of carbonyl (C=O) groups is 9. The molecule has 4 amide bonds. The Morgan fingerprint density at radius 1 is 0.600 bits per heavy atom. The van der Waals surface area contributed by atoms with Crippen LogP contribution in [-0.4, -0.2) is 221 Å². The van der Waals surface area contributed by atoms with Crippen LogP contribution in [0.25, 0.3) is 0 Å². The Labute approximate surface area is 355 Å². The molecule has 0 saturated carbocycles. The molecule has 1 fully saturated rings. The number of likely N-dealkylation sites (N-methyl/N-ethyl adjacent to an activating group) is 1. The van der Waals surface area contributed by atoms with Gasteiger partial charge in [0.15, 0.2) is 5.78 Å². The Morgan fingerprint density at radius 3 is 1.45 bits per heavy atom. The number of ether oxygens (including phenoxy) is 1. The standard InChI is InChI=1S/C34H60N10O14S2/c1-22(45)23(39-34(57)24(37-2)4-6-29(48)49)3-5-26(46)38-25(33(36)56)19-59-60-20-28(58-21-35)40-27(47)15-41-7-9-42(16-30(50)51)11-13-44(18-32(54)55)14-12-43(10-8-41)17-31(52)53/h23-25,28,37H,3-21,35H2,1-2H3,(H2,36,56)(H,38,46)(H,39,57)(H,40,47)(H,48,49)(H,50,51)(H,52,53)(H,54,55). The first kappa shape index (κ1) is 53.9. The highest BCUT2D eigenvalue weighted by Gasteiger charge is 2.26. The van der Waals surface area contributed by atoms with Crippen molar-refractivity contribution in [1.82, 2.24) is 40.9 Å². The van der Waals surface area contributed by atoms with Gasteiger partial charge in [-0.2, -0.15) is 0 Å². The predicted octanol–water partition coefficient (Wildman–Crippen LogP) is -4.50. The van der Waals surface area contributed by atoms with Gasteiger partial charge in [0.25, 0.3) is 0 Å². The van der Waals surface area contributed by atoms with Crippen molar-refractivity contribution in [3.8, 4) is 0 Å². The zero-order chi connectivity index (χ0) is 45.2. The lowest BCUT2D eigenvalue weighted by Crippen LogP contribution is -2.51. The maximum absolute atomic E-state index is 13.3. The molecule has 4 atom stereocenters. The number of Topliss-reactive ketones (excluding diaryl/α,β-unsaturated/α-hetero) is 1. The van der Waals surface area contributed by atoms with Crippen LogP contribution < -0.4 is 32.7 Å². The number of hydrogen-bond acceptors (Lipinski definition) is 18. The molecule has 4 unspecified atom stereocenters. The first-order chi connectivity index (χ1) is 28.3. The van der Waals surface area contributed by atoms with Gasteiger partial charge in [0, 0.05) is 76.7 Å². The van der Waals surface area contributed by atoms with E-state index >= 15 is 0 Å². The smallest absolute Gasteiger partial charge is 0.317 e. The van der Waals surface area contributed by atoms with E-state index in [0.717, 1.165) is 10.8 Å². The number of primary amides is 1. The molecule has 0 spiro atoms. The summed E-state index contributed by atoms with van der Waals surface area (Å²) >= 11 is 0. The summed E-state index contributed by atoms with van der Waals surface area (Å²) < 4.78 is 5.49. The van der Waals surface area contributed by atoms with E-state index in [4.69, 9.17) is 21.3 Å². The van der Waals surface area contributed by atoms with E-state index in [1.54, 1.807) is 19.6 Å². The summed E-state index contributed by atoms with van der Waals surface area (Å²) in [5.41, 5.74) is 11.1. The van der Waals surface area contributed by atoms with Crippen molar-refractivity contribution in [3.63, 3.8) is 0 Å². The second-order valence-electron chi connectivity index (χ2n) is 13.8.